The molecule has 8 nitrogen and oxygen atoms in total. The summed E-state index contributed by atoms with van der Waals surface area (Å²) in [6, 6.07) is -2.36. The molecule has 22 heavy (non-hydrogen) atoms. The quantitative estimate of drug-likeness (QED) is 0.387. The molecule has 0 rings (SSSR count). The Bertz CT molecular complexity index is 460. The minimum absolute atomic E-state index is 0.0822. The summed E-state index contributed by atoms with van der Waals surface area (Å²) in [7, 11) is 0. The summed E-state index contributed by atoms with van der Waals surface area (Å²) < 4.78 is 9.40. The van der Waals surface area contributed by atoms with Crippen LogP contribution in [-0.2, 0) is 23.9 Å². The number of esters is 1. The van der Waals surface area contributed by atoms with Gasteiger partial charge in [-0.15, -0.1) is 0 Å². The van der Waals surface area contributed by atoms with E-state index in [4.69, 9.17) is 4.74 Å². The zero-order valence-corrected chi connectivity index (χ0v) is 13.2. The lowest BCUT2D eigenvalue weighted by Crippen LogP contribution is -2.53. The Morgan fingerprint density at radius 2 is 1.68 bits per heavy atom. The van der Waals surface area contributed by atoms with E-state index in [0.717, 1.165) is 6.92 Å². The lowest BCUT2D eigenvalue weighted by molar-refractivity contribution is -0.150. The molecule has 0 heterocycles. The van der Waals surface area contributed by atoms with Crippen molar-refractivity contribution in [3.63, 3.8) is 0 Å². The van der Waals surface area contributed by atoms with Crippen molar-refractivity contribution in [1.82, 2.24) is 10.6 Å². The van der Waals surface area contributed by atoms with E-state index in [1.54, 1.807) is 13.8 Å². The second-order valence-electron chi connectivity index (χ2n) is 4.50. The molecule has 0 aliphatic rings. The predicted molar refractivity (Wildman–Crippen MR) is 77.8 cm³/mol. The van der Waals surface area contributed by atoms with Crippen LogP contribution in [0.15, 0.2) is 12.3 Å². The zero-order valence-electron chi connectivity index (χ0n) is 13.2. The highest BCUT2D eigenvalue weighted by Crippen LogP contribution is 1.99. The van der Waals surface area contributed by atoms with Crippen molar-refractivity contribution in [1.29, 1.82) is 0 Å². The number of nitrogens with one attached hydrogen (secondary N) is 2. The summed E-state index contributed by atoms with van der Waals surface area (Å²) in [6.45, 7) is 9.35. The molecule has 0 fully saturated rings. The summed E-state index contributed by atoms with van der Waals surface area (Å²) in [4.78, 5) is 46.6. The normalized spacial score (nSPS) is 12.5. The van der Waals surface area contributed by atoms with E-state index in [9.17, 15) is 19.2 Å². The van der Waals surface area contributed by atoms with Gasteiger partial charge in [0.15, 0.2) is 11.8 Å². The van der Waals surface area contributed by atoms with Crippen LogP contribution in [0.5, 0.6) is 0 Å². The molecule has 0 spiro atoms. The third kappa shape index (κ3) is 6.87. The van der Waals surface area contributed by atoms with Crippen LogP contribution in [0.25, 0.3) is 0 Å². The molecular weight excluding hydrogens is 292 g/mol. The van der Waals surface area contributed by atoms with Gasteiger partial charge in [-0.3, -0.25) is 9.59 Å². The fraction of sp³-hybridized carbons (Fsp3) is 0.571. The van der Waals surface area contributed by atoms with Crippen molar-refractivity contribution in [2.45, 2.75) is 46.2 Å². The van der Waals surface area contributed by atoms with Crippen molar-refractivity contribution >= 4 is 23.8 Å². The number of ketones is 1. The molecule has 1 unspecified atom stereocenters. The number of rotatable bonds is 8. The Hall–Kier alpha value is -2.38. The van der Waals surface area contributed by atoms with Crippen molar-refractivity contribution in [3.8, 4) is 0 Å². The molecule has 124 valence electrons. The molecule has 0 saturated heterocycles. The van der Waals surface area contributed by atoms with Crippen LogP contribution in [0.4, 0.5) is 4.79 Å². The Morgan fingerprint density at radius 3 is 2.09 bits per heavy atom. The number of allylic oxidation sites excluding steroid dienone is 1. The average Bonchev–Trinajstić information content (AvgIpc) is 2.40. The number of Topliss-reactive ketones (excluding diaryl/α,β-unsaturated/α-hetero) is 1. The molecule has 0 saturated carbocycles. The van der Waals surface area contributed by atoms with Gasteiger partial charge in [0.1, 0.15) is 6.04 Å². The first-order chi connectivity index (χ1) is 10.2. The largest absolute Gasteiger partial charge is 0.464 e. The average molecular weight is 314 g/mol. The second-order valence-corrected chi connectivity index (χ2v) is 4.50. The number of carbonyl (C=O) groups is 4. The zero-order chi connectivity index (χ0) is 17.3. The minimum Gasteiger partial charge on any atom is -0.464 e. The summed E-state index contributed by atoms with van der Waals surface area (Å²) in [5.74, 6) is -1.93. The van der Waals surface area contributed by atoms with Gasteiger partial charge in [-0.25, -0.2) is 9.59 Å². The molecule has 8 heteroatoms. The lowest BCUT2D eigenvalue weighted by atomic mass is 10.1. The Labute approximate surface area is 129 Å². The minimum atomic E-state index is -1.40. The molecule has 2 amide bonds. The summed E-state index contributed by atoms with van der Waals surface area (Å²) in [5, 5.41) is 4.57. The predicted octanol–water partition coefficient (Wildman–Crippen LogP) is 0.662. The second kappa shape index (κ2) is 9.54. The molecule has 0 radical (unpaired) electrons. The molecule has 0 aromatic rings. The lowest BCUT2D eigenvalue weighted by Gasteiger charge is -2.20. The molecule has 2 atom stereocenters. The number of alkyl carbamates (subject to hydrolysis) is 1. The molecule has 0 aromatic carbocycles. The Balaban J connectivity index is 4.80. The number of amides is 2. The summed E-state index contributed by atoms with van der Waals surface area (Å²) in [6.07, 6.45) is -0.602. The van der Waals surface area contributed by atoms with E-state index in [1.165, 1.54) is 6.92 Å². The standard InChI is InChI=1S/C14H22N2O6/c1-6-10(15-14(20)22-8(3)4)12(18)16-11(9(5)17)13(19)21-7-2/h10-11H,3,6-7H2,1-2,4-5H3,(H,15,20)(H,16,18)/t10-,11?/m0/s1. The van der Waals surface area contributed by atoms with E-state index in [0.29, 0.717) is 0 Å². The van der Waals surface area contributed by atoms with E-state index in [2.05, 4.69) is 21.9 Å². The van der Waals surface area contributed by atoms with Crippen LogP contribution in [0.2, 0.25) is 0 Å². The smallest absolute Gasteiger partial charge is 0.412 e. The van der Waals surface area contributed by atoms with Crippen LogP contribution in [0, 0.1) is 0 Å². The van der Waals surface area contributed by atoms with E-state index >= 15 is 0 Å². The number of hydrogen-bond donors (Lipinski definition) is 2. The van der Waals surface area contributed by atoms with E-state index in [1.807, 2.05) is 0 Å². The number of ether oxygens (including phenoxy) is 2. The first-order valence-electron chi connectivity index (χ1n) is 6.84. The first-order valence-corrected chi connectivity index (χ1v) is 6.84. The maximum Gasteiger partial charge on any atom is 0.412 e. The molecule has 0 aliphatic heterocycles. The van der Waals surface area contributed by atoms with Gasteiger partial charge in [0.25, 0.3) is 0 Å². The van der Waals surface area contributed by atoms with E-state index in [-0.39, 0.29) is 18.8 Å². The highest BCUT2D eigenvalue weighted by Gasteiger charge is 2.30. The molecular formula is C14H22N2O6. The van der Waals surface area contributed by atoms with Gasteiger partial charge >= 0.3 is 12.1 Å². The summed E-state index contributed by atoms with van der Waals surface area (Å²) in [5.41, 5.74) is 0. The van der Waals surface area contributed by atoms with Gasteiger partial charge in [-0.05, 0) is 27.2 Å². The fourth-order valence-electron chi connectivity index (χ4n) is 1.48. The molecule has 2 N–H and O–H groups in total. The van der Waals surface area contributed by atoms with Crippen LogP contribution in [0.1, 0.15) is 34.1 Å². The highest BCUT2D eigenvalue weighted by molar-refractivity contribution is 6.05. The molecule has 0 aliphatic carbocycles. The highest BCUT2D eigenvalue weighted by atomic mass is 16.6. The van der Waals surface area contributed by atoms with Crippen molar-refractivity contribution in [3.05, 3.63) is 12.3 Å². The van der Waals surface area contributed by atoms with Gasteiger partial charge < -0.3 is 20.1 Å². The van der Waals surface area contributed by atoms with Gasteiger partial charge in [0.05, 0.1) is 12.4 Å². The molecule has 0 bridgehead atoms. The summed E-state index contributed by atoms with van der Waals surface area (Å²) >= 11 is 0. The van der Waals surface area contributed by atoms with Crippen LogP contribution < -0.4 is 10.6 Å². The fourth-order valence-corrected chi connectivity index (χ4v) is 1.48. The third-order valence-corrected chi connectivity index (χ3v) is 2.50. The Kier molecular flexibility index (Phi) is 8.51. The van der Waals surface area contributed by atoms with Crippen LogP contribution in [-0.4, -0.2) is 42.4 Å². The van der Waals surface area contributed by atoms with Gasteiger partial charge in [-0.2, -0.15) is 0 Å². The maximum absolute atomic E-state index is 12.1. The van der Waals surface area contributed by atoms with Gasteiger partial charge in [0.2, 0.25) is 5.91 Å². The number of carbonyl (C=O) groups excluding carboxylic acids is 4. The molecule has 0 aromatic heterocycles. The Morgan fingerprint density at radius 1 is 1.09 bits per heavy atom. The van der Waals surface area contributed by atoms with Crippen molar-refractivity contribution in [2.75, 3.05) is 6.61 Å². The third-order valence-electron chi connectivity index (χ3n) is 2.50. The number of hydrogen-bond acceptors (Lipinski definition) is 6. The first kappa shape index (κ1) is 19.6. The van der Waals surface area contributed by atoms with E-state index < -0.39 is 35.8 Å². The topological polar surface area (TPSA) is 111 Å². The maximum atomic E-state index is 12.1. The van der Waals surface area contributed by atoms with Gasteiger partial charge in [0, 0.05) is 0 Å². The van der Waals surface area contributed by atoms with Crippen LogP contribution in [0.3, 0.4) is 0 Å². The van der Waals surface area contributed by atoms with Crippen LogP contribution >= 0.6 is 0 Å². The SMILES string of the molecule is C=C(C)OC(=O)N[C@@H](CC)C(=O)NC(C(C)=O)C(=O)OCC. The van der Waals surface area contributed by atoms with Crippen molar-refractivity contribution in [2.24, 2.45) is 0 Å². The van der Waals surface area contributed by atoms with Gasteiger partial charge in [-0.1, -0.05) is 13.5 Å². The van der Waals surface area contributed by atoms with Crippen molar-refractivity contribution < 1.29 is 28.7 Å². The monoisotopic (exact) mass is 314 g/mol.